The Labute approximate surface area is 137 Å². The molecule has 1 aromatic carbocycles. The minimum absolute atomic E-state index is 0.203. The lowest BCUT2D eigenvalue weighted by Gasteiger charge is -2.38. The number of hydrogen-bond donors (Lipinski definition) is 1. The van der Waals surface area contributed by atoms with Gasteiger partial charge < -0.3 is 10.0 Å². The van der Waals surface area contributed by atoms with Crippen LogP contribution in [0, 0.1) is 5.92 Å². The summed E-state index contributed by atoms with van der Waals surface area (Å²) in [5, 5.41) is 10.5. The highest BCUT2D eigenvalue weighted by Crippen LogP contribution is 2.40. The fourth-order valence-electron chi connectivity index (χ4n) is 3.62. The van der Waals surface area contributed by atoms with Gasteiger partial charge in [-0.1, -0.05) is 30.3 Å². The number of carbonyl (C=O) groups is 1. The Hall–Kier alpha value is -1.00. The monoisotopic (exact) mass is 319 g/mol. The lowest BCUT2D eigenvalue weighted by atomic mass is 9.87. The predicted octanol–water partition coefficient (Wildman–Crippen LogP) is 3.24. The molecule has 120 valence electrons. The number of amides is 1. The summed E-state index contributed by atoms with van der Waals surface area (Å²) in [6.45, 7) is 3.66. The summed E-state index contributed by atoms with van der Waals surface area (Å²) >= 11 is 1.81. The molecule has 0 bridgehead atoms. The number of rotatable bonds is 3. The van der Waals surface area contributed by atoms with Crippen molar-refractivity contribution in [3.05, 3.63) is 35.9 Å². The van der Waals surface area contributed by atoms with Gasteiger partial charge in [0.25, 0.3) is 0 Å². The number of aliphatic hydroxyl groups is 1. The van der Waals surface area contributed by atoms with Crippen LogP contribution >= 0.6 is 11.8 Å². The molecular weight excluding hydrogens is 294 g/mol. The molecule has 0 spiro atoms. The first-order valence-corrected chi connectivity index (χ1v) is 9.25. The molecular formula is C18H25NO2S. The number of thioether (sulfide) groups is 1. The SMILES string of the molecule is CC1(C(=O)N2CCC(C(O)c3ccccc3)CC2)CCCS1. The summed E-state index contributed by atoms with van der Waals surface area (Å²) in [5.41, 5.74) is 0.991. The van der Waals surface area contributed by atoms with E-state index >= 15 is 0 Å². The van der Waals surface area contributed by atoms with Crippen molar-refractivity contribution in [1.82, 2.24) is 4.90 Å². The van der Waals surface area contributed by atoms with E-state index in [1.807, 2.05) is 47.0 Å². The zero-order valence-electron chi connectivity index (χ0n) is 13.2. The van der Waals surface area contributed by atoms with E-state index in [4.69, 9.17) is 0 Å². The fraction of sp³-hybridized carbons (Fsp3) is 0.611. The van der Waals surface area contributed by atoms with Gasteiger partial charge in [-0.3, -0.25) is 4.79 Å². The first kappa shape index (κ1) is 15.9. The lowest BCUT2D eigenvalue weighted by molar-refractivity contribution is -0.135. The van der Waals surface area contributed by atoms with Crippen LogP contribution in [0.2, 0.25) is 0 Å². The molecule has 0 radical (unpaired) electrons. The second-order valence-corrected chi connectivity index (χ2v) is 8.27. The lowest BCUT2D eigenvalue weighted by Crippen LogP contribution is -2.47. The summed E-state index contributed by atoms with van der Waals surface area (Å²) in [6, 6.07) is 9.87. The number of piperidine rings is 1. The van der Waals surface area contributed by atoms with Crippen LogP contribution in [0.15, 0.2) is 30.3 Å². The average molecular weight is 319 g/mol. The van der Waals surface area contributed by atoms with Crippen molar-refractivity contribution in [2.45, 2.75) is 43.5 Å². The summed E-state index contributed by atoms with van der Waals surface area (Å²) in [4.78, 5) is 14.7. The molecule has 1 aromatic rings. The molecule has 2 aliphatic heterocycles. The standard InChI is InChI=1S/C18H25NO2S/c1-18(10-5-13-22-18)17(21)19-11-8-15(9-12-19)16(20)14-6-3-2-4-7-14/h2-4,6-7,15-16,20H,5,8-13H2,1H3. The number of carbonyl (C=O) groups excluding carboxylic acids is 1. The van der Waals surface area contributed by atoms with Crippen LogP contribution in [-0.4, -0.2) is 39.5 Å². The van der Waals surface area contributed by atoms with E-state index in [2.05, 4.69) is 6.92 Å². The molecule has 0 aromatic heterocycles. The van der Waals surface area contributed by atoms with Crippen LogP contribution in [-0.2, 0) is 4.79 Å². The summed E-state index contributed by atoms with van der Waals surface area (Å²) in [7, 11) is 0. The van der Waals surface area contributed by atoms with Gasteiger partial charge in [-0.05, 0) is 49.8 Å². The van der Waals surface area contributed by atoms with Crippen LogP contribution in [0.25, 0.3) is 0 Å². The highest BCUT2D eigenvalue weighted by atomic mass is 32.2. The number of nitrogens with zero attached hydrogens (tertiary/aromatic N) is 1. The van der Waals surface area contributed by atoms with Crippen LogP contribution in [0.4, 0.5) is 0 Å². The number of hydrogen-bond acceptors (Lipinski definition) is 3. The van der Waals surface area contributed by atoms with E-state index in [0.29, 0.717) is 5.91 Å². The smallest absolute Gasteiger partial charge is 0.238 e. The highest BCUT2D eigenvalue weighted by molar-refractivity contribution is 8.01. The van der Waals surface area contributed by atoms with E-state index < -0.39 is 6.10 Å². The third-order valence-electron chi connectivity index (χ3n) is 5.09. The fourth-order valence-corrected chi connectivity index (χ4v) is 4.90. The van der Waals surface area contributed by atoms with Crippen LogP contribution in [0.3, 0.4) is 0 Å². The highest BCUT2D eigenvalue weighted by Gasteiger charge is 2.41. The number of likely N-dealkylation sites (tertiary alicyclic amines) is 1. The molecule has 0 aliphatic carbocycles. The molecule has 2 atom stereocenters. The molecule has 2 fully saturated rings. The minimum Gasteiger partial charge on any atom is -0.388 e. The van der Waals surface area contributed by atoms with Crippen molar-refractivity contribution in [3.8, 4) is 0 Å². The maximum absolute atomic E-state index is 12.7. The minimum atomic E-state index is -0.408. The molecule has 2 heterocycles. The van der Waals surface area contributed by atoms with Gasteiger partial charge in [0.1, 0.15) is 0 Å². The van der Waals surface area contributed by atoms with Gasteiger partial charge in [-0.25, -0.2) is 0 Å². The zero-order chi connectivity index (χ0) is 15.6. The van der Waals surface area contributed by atoms with Gasteiger partial charge in [0.15, 0.2) is 0 Å². The second kappa shape index (κ2) is 6.63. The van der Waals surface area contributed by atoms with Crippen LogP contribution in [0.5, 0.6) is 0 Å². The van der Waals surface area contributed by atoms with Crippen molar-refractivity contribution in [1.29, 1.82) is 0 Å². The first-order chi connectivity index (χ1) is 10.6. The van der Waals surface area contributed by atoms with E-state index in [0.717, 1.165) is 50.1 Å². The maximum atomic E-state index is 12.7. The van der Waals surface area contributed by atoms with E-state index in [-0.39, 0.29) is 10.7 Å². The Balaban J connectivity index is 1.57. The Morgan fingerprint density at radius 1 is 1.32 bits per heavy atom. The predicted molar refractivity (Wildman–Crippen MR) is 90.8 cm³/mol. The van der Waals surface area contributed by atoms with Gasteiger partial charge in [0.05, 0.1) is 10.9 Å². The van der Waals surface area contributed by atoms with Crippen molar-refractivity contribution in [2.75, 3.05) is 18.8 Å². The third kappa shape index (κ3) is 3.18. The molecule has 4 heteroatoms. The topological polar surface area (TPSA) is 40.5 Å². The maximum Gasteiger partial charge on any atom is 0.238 e. The number of aliphatic hydroxyl groups excluding tert-OH is 1. The van der Waals surface area contributed by atoms with E-state index in [9.17, 15) is 9.90 Å². The normalized spacial score (nSPS) is 27.8. The molecule has 0 saturated carbocycles. The Kier molecular flexibility index (Phi) is 4.79. The average Bonchev–Trinajstić information content (AvgIpc) is 3.02. The van der Waals surface area contributed by atoms with Crippen LogP contribution < -0.4 is 0 Å². The van der Waals surface area contributed by atoms with Crippen molar-refractivity contribution < 1.29 is 9.90 Å². The summed E-state index contributed by atoms with van der Waals surface area (Å²) in [6.07, 6.45) is 3.53. The Bertz CT molecular complexity index is 505. The molecule has 2 unspecified atom stereocenters. The quantitative estimate of drug-likeness (QED) is 0.930. The van der Waals surface area contributed by atoms with Crippen LogP contribution in [0.1, 0.15) is 44.3 Å². The second-order valence-electron chi connectivity index (χ2n) is 6.67. The van der Waals surface area contributed by atoms with Crippen molar-refractivity contribution in [3.63, 3.8) is 0 Å². The molecule has 22 heavy (non-hydrogen) atoms. The largest absolute Gasteiger partial charge is 0.388 e. The summed E-state index contributed by atoms with van der Waals surface area (Å²) in [5.74, 6) is 1.67. The molecule has 2 aliphatic rings. The number of benzene rings is 1. The molecule has 3 rings (SSSR count). The van der Waals surface area contributed by atoms with Gasteiger partial charge in [0, 0.05) is 13.1 Å². The van der Waals surface area contributed by atoms with Gasteiger partial charge >= 0.3 is 0 Å². The first-order valence-electron chi connectivity index (χ1n) is 8.26. The van der Waals surface area contributed by atoms with Crippen molar-refractivity contribution in [2.24, 2.45) is 5.92 Å². The van der Waals surface area contributed by atoms with E-state index in [1.54, 1.807) is 0 Å². The Morgan fingerprint density at radius 3 is 2.59 bits per heavy atom. The molecule has 1 N–H and O–H groups in total. The molecule has 2 saturated heterocycles. The summed E-state index contributed by atoms with van der Waals surface area (Å²) < 4.78 is -0.203. The van der Waals surface area contributed by atoms with E-state index in [1.165, 1.54) is 0 Å². The van der Waals surface area contributed by atoms with Crippen molar-refractivity contribution >= 4 is 17.7 Å². The molecule has 1 amide bonds. The zero-order valence-corrected chi connectivity index (χ0v) is 14.0. The Morgan fingerprint density at radius 2 is 2.00 bits per heavy atom. The third-order valence-corrected chi connectivity index (χ3v) is 6.59. The van der Waals surface area contributed by atoms with Gasteiger partial charge in [-0.15, -0.1) is 11.8 Å². The van der Waals surface area contributed by atoms with Gasteiger partial charge in [0.2, 0.25) is 5.91 Å². The molecule has 3 nitrogen and oxygen atoms in total. The van der Waals surface area contributed by atoms with Gasteiger partial charge in [-0.2, -0.15) is 0 Å².